The highest BCUT2D eigenvalue weighted by Gasteiger charge is 2.11. The minimum absolute atomic E-state index is 0.566. The maximum absolute atomic E-state index is 5.27. The van der Waals surface area contributed by atoms with Crippen LogP contribution in [0.3, 0.4) is 0 Å². The van der Waals surface area contributed by atoms with E-state index < -0.39 is 0 Å². The van der Waals surface area contributed by atoms with Crippen LogP contribution in [0.2, 0.25) is 0 Å². The van der Waals surface area contributed by atoms with E-state index in [1.165, 1.54) is 6.33 Å². The van der Waals surface area contributed by atoms with Gasteiger partial charge in [-0.2, -0.15) is 10.2 Å². The van der Waals surface area contributed by atoms with Crippen molar-refractivity contribution >= 4 is 23.1 Å². The van der Waals surface area contributed by atoms with E-state index in [1.807, 2.05) is 42.5 Å². The van der Waals surface area contributed by atoms with E-state index in [-0.39, 0.29) is 0 Å². The molecule has 4 aromatic rings. The van der Waals surface area contributed by atoms with Crippen LogP contribution in [0.4, 0.5) is 5.82 Å². The maximum atomic E-state index is 5.27. The molecule has 0 aliphatic rings. The fraction of sp³-hybridized carbons (Fsp3) is 0.0556. The number of hydrogen-bond donors (Lipinski definition) is 1. The van der Waals surface area contributed by atoms with Gasteiger partial charge < -0.3 is 4.74 Å². The van der Waals surface area contributed by atoms with E-state index in [0.717, 1.165) is 22.5 Å². The zero-order valence-electron chi connectivity index (χ0n) is 13.9. The van der Waals surface area contributed by atoms with Crippen LogP contribution in [-0.4, -0.2) is 38.1 Å². The average Bonchev–Trinajstić information content (AvgIpc) is 3.14. The quantitative estimate of drug-likeness (QED) is 0.442. The Labute approximate surface area is 149 Å². The number of nitrogens with one attached hydrogen (secondary N) is 1. The number of rotatable bonds is 5. The molecule has 3 heterocycles. The summed E-state index contributed by atoms with van der Waals surface area (Å²) in [6.45, 7) is 0. The standard InChI is InChI=1S/C18H15N7O/c1-26-15-7-4-6-14(9-15)25-18-16(11-23-25)17(20-12-21-18)24-22-10-13-5-2-3-8-19-13/h2-12H,1H3,(H,20,21,24)/b22-10+. The van der Waals surface area contributed by atoms with E-state index in [9.17, 15) is 0 Å². The number of pyridine rings is 1. The number of hydrazone groups is 1. The first-order chi connectivity index (χ1) is 12.8. The Morgan fingerprint density at radius 1 is 1.12 bits per heavy atom. The summed E-state index contributed by atoms with van der Waals surface area (Å²) in [4.78, 5) is 12.8. The number of methoxy groups -OCH3 is 1. The number of benzene rings is 1. The summed E-state index contributed by atoms with van der Waals surface area (Å²) in [5.41, 5.74) is 5.19. The number of anilines is 1. The van der Waals surface area contributed by atoms with Crippen molar-refractivity contribution in [3.05, 3.63) is 66.9 Å². The molecule has 0 spiro atoms. The molecule has 0 bridgehead atoms. The lowest BCUT2D eigenvalue weighted by atomic mass is 10.3. The van der Waals surface area contributed by atoms with Gasteiger partial charge in [0.05, 0.1) is 36.3 Å². The molecule has 0 unspecified atom stereocenters. The molecule has 0 aliphatic carbocycles. The number of fused-ring (bicyclic) bond motifs is 1. The Balaban J connectivity index is 1.66. The first-order valence-corrected chi connectivity index (χ1v) is 7.88. The summed E-state index contributed by atoms with van der Waals surface area (Å²) in [7, 11) is 1.63. The molecule has 1 N–H and O–H groups in total. The van der Waals surface area contributed by atoms with Gasteiger partial charge in [-0.05, 0) is 24.3 Å². The molecule has 0 aliphatic heterocycles. The maximum Gasteiger partial charge on any atom is 0.168 e. The summed E-state index contributed by atoms with van der Waals surface area (Å²) >= 11 is 0. The second-order valence-corrected chi connectivity index (χ2v) is 5.34. The number of nitrogens with zero attached hydrogens (tertiary/aromatic N) is 6. The number of ether oxygens (including phenoxy) is 1. The molecule has 0 radical (unpaired) electrons. The first-order valence-electron chi connectivity index (χ1n) is 7.88. The molecule has 26 heavy (non-hydrogen) atoms. The second kappa shape index (κ2) is 6.98. The van der Waals surface area contributed by atoms with Crippen LogP contribution < -0.4 is 10.2 Å². The zero-order valence-corrected chi connectivity index (χ0v) is 13.9. The molecule has 4 rings (SSSR count). The molecule has 1 aromatic carbocycles. The summed E-state index contributed by atoms with van der Waals surface area (Å²) in [6, 6.07) is 13.2. The highest BCUT2D eigenvalue weighted by Crippen LogP contribution is 2.23. The predicted molar refractivity (Wildman–Crippen MR) is 98.7 cm³/mol. The Morgan fingerprint density at radius 2 is 2.08 bits per heavy atom. The van der Waals surface area contributed by atoms with Gasteiger partial charge in [-0.15, -0.1) is 0 Å². The van der Waals surface area contributed by atoms with Crippen molar-refractivity contribution < 1.29 is 4.74 Å². The molecule has 0 amide bonds. The van der Waals surface area contributed by atoms with Crippen molar-refractivity contribution in [1.29, 1.82) is 0 Å². The summed E-state index contributed by atoms with van der Waals surface area (Å²) in [6.07, 6.45) is 6.51. The molecule has 0 saturated heterocycles. The third kappa shape index (κ3) is 3.07. The van der Waals surface area contributed by atoms with Gasteiger partial charge in [0.1, 0.15) is 12.1 Å². The van der Waals surface area contributed by atoms with Gasteiger partial charge in [-0.3, -0.25) is 10.4 Å². The molecular weight excluding hydrogens is 330 g/mol. The Hall–Kier alpha value is -3.81. The van der Waals surface area contributed by atoms with Gasteiger partial charge in [0.2, 0.25) is 0 Å². The smallest absolute Gasteiger partial charge is 0.168 e. The molecule has 0 atom stereocenters. The molecule has 0 saturated carbocycles. The van der Waals surface area contributed by atoms with Crippen LogP contribution in [0, 0.1) is 0 Å². The van der Waals surface area contributed by atoms with Crippen molar-refractivity contribution in [2.45, 2.75) is 0 Å². The third-order valence-corrected chi connectivity index (χ3v) is 3.72. The Bertz CT molecular complexity index is 1060. The van der Waals surface area contributed by atoms with Crippen LogP contribution in [0.15, 0.2) is 66.3 Å². The predicted octanol–water partition coefficient (Wildman–Crippen LogP) is 2.67. The van der Waals surface area contributed by atoms with Crippen LogP contribution >= 0.6 is 0 Å². The lowest BCUT2D eigenvalue weighted by Gasteiger charge is -2.06. The first kappa shape index (κ1) is 15.7. The Kier molecular flexibility index (Phi) is 4.21. The van der Waals surface area contributed by atoms with Crippen molar-refractivity contribution in [2.24, 2.45) is 5.10 Å². The summed E-state index contributed by atoms with van der Waals surface area (Å²) < 4.78 is 7.00. The molecule has 0 fully saturated rings. The van der Waals surface area contributed by atoms with Gasteiger partial charge in [-0.25, -0.2) is 14.6 Å². The van der Waals surface area contributed by atoms with Gasteiger partial charge in [0.15, 0.2) is 11.5 Å². The SMILES string of the molecule is COc1cccc(-n2ncc3c(N/N=C/c4ccccn4)ncnc32)c1. The van der Waals surface area contributed by atoms with Crippen molar-refractivity contribution in [3.63, 3.8) is 0 Å². The van der Waals surface area contributed by atoms with Gasteiger partial charge in [-0.1, -0.05) is 12.1 Å². The fourth-order valence-electron chi connectivity index (χ4n) is 2.48. The topological polar surface area (TPSA) is 90.1 Å². The largest absolute Gasteiger partial charge is 0.497 e. The van der Waals surface area contributed by atoms with Crippen molar-refractivity contribution in [2.75, 3.05) is 12.5 Å². The minimum atomic E-state index is 0.566. The monoisotopic (exact) mass is 345 g/mol. The van der Waals surface area contributed by atoms with Gasteiger partial charge >= 0.3 is 0 Å². The van der Waals surface area contributed by atoms with Crippen LogP contribution in [-0.2, 0) is 0 Å². The fourth-order valence-corrected chi connectivity index (χ4v) is 2.48. The molecule has 8 heteroatoms. The highest BCUT2D eigenvalue weighted by atomic mass is 16.5. The average molecular weight is 345 g/mol. The van der Waals surface area contributed by atoms with Crippen molar-refractivity contribution in [3.8, 4) is 11.4 Å². The minimum Gasteiger partial charge on any atom is -0.497 e. The van der Waals surface area contributed by atoms with Crippen LogP contribution in [0.25, 0.3) is 16.7 Å². The number of aromatic nitrogens is 5. The second-order valence-electron chi connectivity index (χ2n) is 5.34. The van der Waals surface area contributed by atoms with E-state index in [4.69, 9.17) is 4.74 Å². The third-order valence-electron chi connectivity index (χ3n) is 3.72. The lowest BCUT2D eigenvalue weighted by Crippen LogP contribution is -2.00. The van der Waals surface area contributed by atoms with Gasteiger partial charge in [0.25, 0.3) is 0 Å². The zero-order chi connectivity index (χ0) is 17.8. The highest BCUT2D eigenvalue weighted by molar-refractivity contribution is 5.87. The van der Waals surface area contributed by atoms with E-state index in [1.54, 1.807) is 30.4 Å². The van der Waals surface area contributed by atoms with E-state index in [2.05, 4.69) is 30.6 Å². The van der Waals surface area contributed by atoms with Crippen LogP contribution in [0.5, 0.6) is 5.75 Å². The normalized spacial score (nSPS) is 11.1. The Morgan fingerprint density at radius 3 is 2.92 bits per heavy atom. The molecule has 3 aromatic heterocycles. The van der Waals surface area contributed by atoms with Gasteiger partial charge in [0, 0.05) is 12.3 Å². The van der Waals surface area contributed by atoms with Crippen LogP contribution in [0.1, 0.15) is 5.69 Å². The number of hydrogen-bond acceptors (Lipinski definition) is 7. The van der Waals surface area contributed by atoms with E-state index in [0.29, 0.717) is 11.5 Å². The molecule has 8 nitrogen and oxygen atoms in total. The molecular formula is C18H15N7O. The molecule has 128 valence electrons. The lowest BCUT2D eigenvalue weighted by molar-refractivity contribution is 0.414. The summed E-state index contributed by atoms with van der Waals surface area (Å²) in [5, 5.41) is 9.37. The van der Waals surface area contributed by atoms with E-state index >= 15 is 0 Å². The summed E-state index contributed by atoms with van der Waals surface area (Å²) in [5.74, 6) is 1.31. The van der Waals surface area contributed by atoms with Crippen molar-refractivity contribution in [1.82, 2.24) is 24.7 Å².